The van der Waals surface area contributed by atoms with Crippen molar-refractivity contribution in [2.75, 3.05) is 14.1 Å². The van der Waals surface area contributed by atoms with Crippen LogP contribution in [0.4, 0.5) is 0 Å². The zero-order valence-electron chi connectivity index (χ0n) is 8.87. The fraction of sp³-hybridized carbons (Fsp3) is 1.00. The molecule has 0 aliphatic rings. The molecule has 0 rings (SSSR count). The molecule has 0 spiro atoms. The van der Waals surface area contributed by atoms with Crippen LogP contribution in [0, 0.1) is 0 Å². The predicted molar refractivity (Wildman–Crippen MR) is 55.5 cm³/mol. The van der Waals surface area contributed by atoms with Gasteiger partial charge in [-0.15, -0.1) is 0 Å². The van der Waals surface area contributed by atoms with E-state index in [9.17, 15) is 8.42 Å². The number of hydrogen-bond donors (Lipinski definition) is 2. The lowest BCUT2D eigenvalue weighted by atomic mass is 10.2. The standard InChI is InChI=1S/C6H14O3S.C2H7N/c1-3-5-6(4-2)10(7,8)9;1-3-2/h6H,3-5H2,1-2H3,(H,7,8,9);3H,1-2H3. The second-order valence-electron chi connectivity index (χ2n) is 2.83. The van der Waals surface area contributed by atoms with E-state index in [4.69, 9.17) is 4.55 Å². The third-order valence-electron chi connectivity index (χ3n) is 1.49. The Hall–Kier alpha value is -0.130. The Morgan fingerprint density at radius 1 is 1.31 bits per heavy atom. The normalized spacial score (nSPS) is 13.0. The number of hydrogen-bond acceptors (Lipinski definition) is 3. The molecule has 0 saturated heterocycles. The largest absolute Gasteiger partial charge is 0.323 e. The van der Waals surface area contributed by atoms with Crippen LogP contribution in [-0.2, 0) is 10.1 Å². The molecule has 0 bridgehead atoms. The molecule has 82 valence electrons. The molecule has 1 unspecified atom stereocenters. The van der Waals surface area contributed by atoms with E-state index in [2.05, 4.69) is 5.32 Å². The lowest BCUT2D eigenvalue weighted by Crippen LogP contribution is -2.18. The van der Waals surface area contributed by atoms with Crippen LogP contribution < -0.4 is 5.32 Å². The van der Waals surface area contributed by atoms with Crippen LogP contribution in [0.3, 0.4) is 0 Å². The van der Waals surface area contributed by atoms with Gasteiger partial charge in [0, 0.05) is 0 Å². The minimum Gasteiger partial charge on any atom is -0.323 e. The Balaban J connectivity index is 0. The quantitative estimate of drug-likeness (QED) is 0.688. The van der Waals surface area contributed by atoms with Gasteiger partial charge < -0.3 is 5.32 Å². The first-order chi connectivity index (χ1) is 5.93. The molecule has 0 aromatic carbocycles. The summed E-state index contributed by atoms with van der Waals surface area (Å²) >= 11 is 0. The van der Waals surface area contributed by atoms with E-state index in [-0.39, 0.29) is 0 Å². The Morgan fingerprint density at radius 3 is 1.77 bits per heavy atom. The van der Waals surface area contributed by atoms with Crippen molar-refractivity contribution in [3.8, 4) is 0 Å². The average molecular weight is 211 g/mol. The second-order valence-corrected chi connectivity index (χ2v) is 4.53. The average Bonchev–Trinajstić information content (AvgIpc) is 1.99. The molecule has 0 aliphatic heterocycles. The highest BCUT2D eigenvalue weighted by Gasteiger charge is 2.18. The zero-order chi connectivity index (χ0) is 10.9. The van der Waals surface area contributed by atoms with Crippen molar-refractivity contribution in [1.29, 1.82) is 0 Å². The summed E-state index contributed by atoms with van der Waals surface area (Å²) in [6.45, 7) is 3.65. The van der Waals surface area contributed by atoms with E-state index in [1.165, 1.54) is 0 Å². The molecule has 2 N–H and O–H groups in total. The first kappa shape index (κ1) is 15.3. The number of rotatable bonds is 4. The van der Waals surface area contributed by atoms with Gasteiger partial charge in [-0.05, 0) is 26.9 Å². The smallest absolute Gasteiger partial charge is 0.267 e. The highest BCUT2D eigenvalue weighted by molar-refractivity contribution is 7.86. The van der Waals surface area contributed by atoms with Crippen molar-refractivity contribution in [3.05, 3.63) is 0 Å². The first-order valence-corrected chi connectivity index (χ1v) is 5.99. The van der Waals surface area contributed by atoms with Crippen molar-refractivity contribution >= 4 is 10.1 Å². The molecule has 0 heterocycles. The minimum atomic E-state index is -3.78. The fourth-order valence-corrected chi connectivity index (χ4v) is 1.84. The second kappa shape index (κ2) is 8.47. The van der Waals surface area contributed by atoms with Crippen LogP contribution >= 0.6 is 0 Å². The molecule has 5 heteroatoms. The maximum absolute atomic E-state index is 10.5. The zero-order valence-corrected chi connectivity index (χ0v) is 9.69. The van der Waals surface area contributed by atoms with Gasteiger partial charge >= 0.3 is 0 Å². The van der Waals surface area contributed by atoms with E-state index in [1.54, 1.807) is 6.92 Å². The maximum atomic E-state index is 10.5. The summed E-state index contributed by atoms with van der Waals surface area (Å²) in [6.07, 6.45) is 1.83. The van der Waals surface area contributed by atoms with E-state index < -0.39 is 15.4 Å². The summed E-state index contributed by atoms with van der Waals surface area (Å²) in [5.74, 6) is 0. The summed E-state index contributed by atoms with van der Waals surface area (Å²) in [7, 11) is -0.0271. The summed E-state index contributed by atoms with van der Waals surface area (Å²) in [6, 6.07) is 0. The van der Waals surface area contributed by atoms with Crippen molar-refractivity contribution in [2.24, 2.45) is 0 Å². The molecule has 0 amide bonds. The van der Waals surface area contributed by atoms with Crippen LogP contribution in [-0.4, -0.2) is 32.3 Å². The molecular formula is C8H21NO3S. The molecular weight excluding hydrogens is 190 g/mol. The van der Waals surface area contributed by atoms with Gasteiger partial charge in [0.1, 0.15) is 0 Å². The van der Waals surface area contributed by atoms with Crippen molar-refractivity contribution in [1.82, 2.24) is 5.32 Å². The Morgan fingerprint density at radius 2 is 1.69 bits per heavy atom. The van der Waals surface area contributed by atoms with Crippen molar-refractivity contribution in [3.63, 3.8) is 0 Å². The van der Waals surface area contributed by atoms with Crippen molar-refractivity contribution in [2.45, 2.75) is 38.4 Å². The molecule has 0 saturated carbocycles. The Bertz CT molecular complexity index is 190. The predicted octanol–water partition coefficient (Wildman–Crippen LogP) is 1.29. The maximum Gasteiger partial charge on any atom is 0.267 e. The third kappa shape index (κ3) is 9.79. The first-order valence-electron chi connectivity index (χ1n) is 4.48. The van der Waals surface area contributed by atoms with E-state index in [1.807, 2.05) is 21.0 Å². The summed E-state index contributed by atoms with van der Waals surface area (Å²) in [4.78, 5) is 0. The third-order valence-corrected chi connectivity index (χ3v) is 2.90. The van der Waals surface area contributed by atoms with Crippen LogP contribution in [0.2, 0.25) is 0 Å². The topological polar surface area (TPSA) is 66.4 Å². The molecule has 0 radical (unpaired) electrons. The molecule has 0 aromatic heterocycles. The van der Waals surface area contributed by atoms with E-state index >= 15 is 0 Å². The van der Waals surface area contributed by atoms with E-state index in [0.29, 0.717) is 12.8 Å². The van der Waals surface area contributed by atoms with Crippen LogP contribution in [0.1, 0.15) is 33.1 Å². The van der Waals surface area contributed by atoms with Gasteiger partial charge in [-0.25, -0.2) is 0 Å². The molecule has 13 heavy (non-hydrogen) atoms. The van der Waals surface area contributed by atoms with Gasteiger partial charge in [0.15, 0.2) is 0 Å². The molecule has 1 atom stereocenters. The molecule has 4 nitrogen and oxygen atoms in total. The highest BCUT2D eigenvalue weighted by Crippen LogP contribution is 2.09. The van der Waals surface area contributed by atoms with Gasteiger partial charge in [-0.2, -0.15) is 8.42 Å². The summed E-state index contributed by atoms with van der Waals surface area (Å²) in [5, 5.41) is 2.19. The molecule has 0 fully saturated rings. The minimum absolute atomic E-state index is 0.493. The van der Waals surface area contributed by atoms with Gasteiger partial charge in [0.2, 0.25) is 0 Å². The molecule has 0 aromatic rings. The summed E-state index contributed by atoms with van der Waals surface area (Å²) < 4.78 is 29.6. The van der Waals surface area contributed by atoms with E-state index in [0.717, 1.165) is 6.42 Å². The van der Waals surface area contributed by atoms with Crippen LogP contribution in [0.5, 0.6) is 0 Å². The van der Waals surface area contributed by atoms with Gasteiger partial charge in [-0.3, -0.25) is 4.55 Å². The molecule has 0 aliphatic carbocycles. The lowest BCUT2D eigenvalue weighted by molar-refractivity contribution is 0.458. The van der Waals surface area contributed by atoms with Gasteiger partial charge in [0.25, 0.3) is 10.1 Å². The fourth-order valence-electron chi connectivity index (χ4n) is 0.886. The van der Waals surface area contributed by atoms with Crippen LogP contribution in [0.25, 0.3) is 0 Å². The Labute approximate surface area is 81.5 Å². The Kier molecular flexibility index (Phi) is 10.00. The number of nitrogens with one attached hydrogen (secondary N) is 1. The van der Waals surface area contributed by atoms with Gasteiger partial charge in [-0.1, -0.05) is 20.3 Å². The lowest BCUT2D eigenvalue weighted by Gasteiger charge is -2.08. The highest BCUT2D eigenvalue weighted by atomic mass is 32.2. The van der Waals surface area contributed by atoms with Gasteiger partial charge in [0.05, 0.1) is 5.25 Å². The summed E-state index contributed by atoms with van der Waals surface area (Å²) in [5.41, 5.74) is 0. The van der Waals surface area contributed by atoms with Crippen molar-refractivity contribution < 1.29 is 13.0 Å². The van der Waals surface area contributed by atoms with Crippen LogP contribution in [0.15, 0.2) is 0 Å². The SMILES string of the molecule is CCCC(CC)S(=O)(=O)O.CNC. The monoisotopic (exact) mass is 211 g/mol.